The summed E-state index contributed by atoms with van der Waals surface area (Å²) in [5, 5.41) is 0. The molecule has 132 valence electrons. The maximum atomic E-state index is 11.7. The van der Waals surface area contributed by atoms with Gasteiger partial charge in [-0.25, -0.2) is 4.79 Å². The van der Waals surface area contributed by atoms with Crippen LogP contribution >= 0.6 is 0 Å². The topological polar surface area (TPSA) is 73.3 Å². The molecule has 1 rings (SSSR count). The summed E-state index contributed by atoms with van der Waals surface area (Å²) in [5.74, 6) is 0. The van der Waals surface area contributed by atoms with Crippen molar-refractivity contribution in [3.05, 3.63) is 32.6 Å². The lowest BCUT2D eigenvalue weighted by atomic mass is 10.2. The normalized spacial score (nSPS) is 11.8. The van der Waals surface area contributed by atoms with Gasteiger partial charge in [0.2, 0.25) is 0 Å². The number of nitrogens with zero attached hydrogens (tertiary/aromatic N) is 1. The van der Waals surface area contributed by atoms with Crippen molar-refractivity contribution in [3.63, 3.8) is 0 Å². The predicted molar refractivity (Wildman–Crippen MR) is 94.2 cm³/mol. The second-order valence-corrected chi connectivity index (χ2v) is 9.27. The zero-order chi connectivity index (χ0) is 17.3. The van der Waals surface area contributed by atoms with Gasteiger partial charge in [0.1, 0.15) is 0 Å². The van der Waals surface area contributed by atoms with Crippen molar-refractivity contribution in [2.24, 2.45) is 0 Å². The molecule has 0 saturated carbocycles. The van der Waals surface area contributed by atoms with Crippen molar-refractivity contribution in [2.75, 3.05) is 13.2 Å². The van der Waals surface area contributed by atoms with E-state index in [9.17, 15) is 9.59 Å². The van der Waals surface area contributed by atoms with Crippen LogP contribution in [0, 0.1) is 6.92 Å². The highest BCUT2D eigenvalue weighted by molar-refractivity contribution is 6.66. The van der Waals surface area contributed by atoms with Crippen LogP contribution < -0.4 is 11.2 Å². The average molecular weight is 343 g/mol. The molecule has 0 atom stereocenters. The Labute approximate surface area is 139 Å². The number of aromatic amines is 1. The smallest absolute Gasteiger partial charge is 0.334 e. The van der Waals surface area contributed by atoms with Crippen molar-refractivity contribution in [1.82, 2.24) is 9.55 Å². The van der Waals surface area contributed by atoms with Crippen LogP contribution in [0.5, 0.6) is 0 Å². The highest BCUT2D eigenvalue weighted by Crippen LogP contribution is 2.18. The Morgan fingerprint density at radius 3 is 2.30 bits per heavy atom. The van der Waals surface area contributed by atoms with E-state index in [0.29, 0.717) is 25.3 Å². The minimum absolute atomic E-state index is 0.303. The van der Waals surface area contributed by atoms with Crippen LogP contribution in [0.1, 0.15) is 45.1 Å². The van der Waals surface area contributed by atoms with E-state index >= 15 is 0 Å². The molecule has 1 heterocycles. The fourth-order valence-corrected chi connectivity index (χ4v) is 5.15. The Hall–Kier alpha value is -1.18. The number of hydrogen-bond acceptors (Lipinski definition) is 4. The van der Waals surface area contributed by atoms with E-state index in [-0.39, 0.29) is 11.2 Å². The summed E-state index contributed by atoms with van der Waals surface area (Å²) in [6, 6.07) is 1.01. The van der Waals surface area contributed by atoms with Gasteiger partial charge in [0, 0.05) is 31.5 Å². The summed E-state index contributed by atoms with van der Waals surface area (Å²) in [6.07, 6.45) is 5.79. The number of aryl methyl sites for hydroxylation is 2. The minimum atomic E-state index is -1.99. The van der Waals surface area contributed by atoms with E-state index in [1.807, 2.05) is 13.8 Å². The highest BCUT2D eigenvalue weighted by Gasteiger charge is 2.29. The minimum Gasteiger partial charge on any atom is -0.395 e. The van der Waals surface area contributed by atoms with E-state index in [1.54, 1.807) is 17.7 Å². The molecule has 0 aliphatic heterocycles. The third kappa shape index (κ3) is 6.84. The molecule has 0 saturated heterocycles. The quantitative estimate of drug-likeness (QED) is 0.495. The first kappa shape index (κ1) is 19.9. The molecule has 0 spiro atoms. The summed E-state index contributed by atoms with van der Waals surface area (Å²) < 4.78 is 13.2. The van der Waals surface area contributed by atoms with Crippen LogP contribution in [0.3, 0.4) is 0 Å². The van der Waals surface area contributed by atoms with Crippen LogP contribution in [-0.4, -0.2) is 31.3 Å². The predicted octanol–water partition coefficient (Wildman–Crippen LogP) is 2.55. The number of hydrogen-bond donors (Lipinski definition) is 1. The van der Waals surface area contributed by atoms with Gasteiger partial charge in [-0.05, 0) is 39.8 Å². The first-order valence-corrected chi connectivity index (χ1v) is 11.0. The molecular weight excluding hydrogens is 312 g/mol. The summed E-state index contributed by atoms with van der Waals surface area (Å²) >= 11 is 0. The zero-order valence-electron chi connectivity index (χ0n) is 14.8. The van der Waals surface area contributed by atoms with Gasteiger partial charge in [-0.2, -0.15) is 0 Å². The van der Waals surface area contributed by atoms with E-state index in [1.165, 1.54) is 0 Å². The molecule has 0 unspecified atom stereocenters. The number of H-pyrrole nitrogens is 1. The van der Waals surface area contributed by atoms with Gasteiger partial charge in [-0.1, -0.05) is 19.3 Å². The van der Waals surface area contributed by atoms with Crippen molar-refractivity contribution in [2.45, 2.75) is 65.6 Å². The van der Waals surface area contributed by atoms with Gasteiger partial charge in [-0.15, -0.1) is 0 Å². The standard InChI is InChI=1S/C16H30N2O4Si/c1-5-21-23(4,22-6-2)12-10-8-7-9-11-18-13-14(3)15(19)17-16(18)20/h13H,5-12H2,1-4H3,(H,17,19,20). The van der Waals surface area contributed by atoms with Crippen LogP contribution in [-0.2, 0) is 15.4 Å². The fraction of sp³-hybridized carbons (Fsp3) is 0.750. The molecule has 0 aromatic carbocycles. The zero-order valence-corrected chi connectivity index (χ0v) is 15.8. The van der Waals surface area contributed by atoms with E-state index in [0.717, 1.165) is 31.7 Å². The molecule has 1 aromatic heterocycles. The molecule has 0 aliphatic rings. The van der Waals surface area contributed by atoms with Crippen molar-refractivity contribution >= 4 is 8.56 Å². The van der Waals surface area contributed by atoms with E-state index in [4.69, 9.17) is 8.85 Å². The molecule has 0 amide bonds. The molecule has 23 heavy (non-hydrogen) atoms. The van der Waals surface area contributed by atoms with Crippen LogP contribution in [0.25, 0.3) is 0 Å². The Bertz CT molecular complexity index is 576. The van der Waals surface area contributed by atoms with Gasteiger partial charge in [0.05, 0.1) is 0 Å². The summed E-state index contributed by atoms with van der Waals surface area (Å²) in [5.41, 5.74) is -0.0598. The monoisotopic (exact) mass is 342 g/mol. The molecule has 1 aromatic rings. The lowest BCUT2D eigenvalue weighted by molar-refractivity contribution is 0.188. The molecule has 7 heteroatoms. The maximum absolute atomic E-state index is 11.7. The van der Waals surface area contributed by atoms with Crippen LogP contribution in [0.2, 0.25) is 12.6 Å². The number of rotatable bonds is 11. The van der Waals surface area contributed by atoms with Gasteiger partial charge in [0.25, 0.3) is 5.56 Å². The van der Waals surface area contributed by atoms with Gasteiger partial charge in [0.15, 0.2) is 0 Å². The molecular formula is C16H30N2O4Si. The summed E-state index contributed by atoms with van der Waals surface area (Å²) in [4.78, 5) is 25.3. The highest BCUT2D eigenvalue weighted by atomic mass is 28.4. The van der Waals surface area contributed by atoms with Gasteiger partial charge >= 0.3 is 14.3 Å². The average Bonchev–Trinajstić information content (AvgIpc) is 2.48. The van der Waals surface area contributed by atoms with E-state index in [2.05, 4.69) is 11.5 Å². The molecule has 0 aliphatic carbocycles. The third-order valence-corrected chi connectivity index (χ3v) is 6.93. The summed E-state index contributed by atoms with van der Waals surface area (Å²) in [7, 11) is -1.99. The Morgan fingerprint density at radius 1 is 1.09 bits per heavy atom. The second kappa shape index (κ2) is 9.84. The van der Waals surface area contributed by atoms with E-state index < -0.39 is 8.56 Å². The van der Waals surface area contributed by atoms with Crippen molar-refractivity contribution in [1.29, 1.82) is 0 Å². The molecule has 0 bridgehead atoms. The third-order valence-electron chi connectivity index (χ3n) is 3.87. The second-order valence-electron chi connectivity index (χ2n) is 5.93. The largest absolute Gasteiger partial charge is 0.395 e. The van der Waals surface area contributed by atoms with Crippen LogP contribution in [0.4, 0.5) is 0 Å². The Kier molecular flexibility index (Phi) is 8.50. The SMILES string of the molecule is CCO[Si](C)(CCCCCCn1cc(C)c(=O)[nH]c1=O)OCC. The molecule has 1 N–H and O–H groups in total. The number of aromatic nitrogens is 2. The van der Waals surface area contributed by atoms with Gasteiger partial charge in [-0.3, -0.25) is 9.78 Å². The Balaban J connectivity index is 2.32. The lowest BCUT2D eigenvalue weighted by Crippen LogP contribution is -2.38. The number of unbranched alkanes of at least 4 members (excludes halogenated alkanes) is 3. The maximum Gasteiger partial charge on any atom is 0.334 e. The lowest BCUT2D eigenvalue weighted by Gasteiger charge is -2.25. The Morgan fingerprint density at radius 2 is 1.70 bits per heavy atom. The molecule has 0 radical (unpaired) electrons. The molecule has 0 fully saturated rings. The van der Waals surface area contributed by atoms with Crippen molar-refractivity contribution < 1.29 is 8.85 Å². The first-order valence-electron chi connectivity index (χ1n) is 8.50. The number of nitrogens with one attached hydrogen (secondary N) is 1. The summed E-state index contributed by atoms with van der Waals surface area (Å²) in [6.45, 7) is 9.91. The molecule has 6 nitrogen and oxygen atoms in total. The first-order chi connectivity index (χ1) is 10.9. The van der Waals surface area contributed by atoms with Gasteiger partial charge < -0.3 is 13.4 Å². The fourth-order valence-electron chi connectivity index (χ4n) is 2.66. The van der Waals surface area contributed by atoms with Crippen molar-refractivity contribution in [3.8, 4) is 0 Å². The van der Waals surface area contributed by atoms with Crippen LogP contribution in [0.15, 0.2) is 15.8 Å².